The number of hydrogen-bond donors (Lipinski definition) is 0. The van der Waals surface area contributed by atoms with Crippen molar-refractivity contribution >= 4 is 28.4 Å². The van der Waals surface area contributed by atoms with Gasteiger partial charge in [0.25, 0.3) is 11.8 Å². The van der Waals surface area contributed by atoms with E-state index in [9.17, 15) is 0 Å². The van der Waals surface area contributed by atoms with E-state index in [-0.39, 0.29) is 5.89 Å². The Morgan fingerprint density at radius 1 is 1.07 bits per heavy atom. The van der Waals surface area contributed by atoms with Crippen molar-refractivity contribution in [3.05, 3.63) is 53.3 Å². The van der Waals surface area contributed by atoms with E-state index in [1.807, 2.05) is 38.1 Å². The number of anilines is 1. The van der Waals surface area contributed by atoms with Gasteiger partial charge in [0.1, 0.15) is 16.6 Å². The Bertz CT molecular complexity index is 953. The fourth-order valence-electron chi connectivity index (χ4n) is 3.08. The quantitative estimate of drug-likeness (QED) is 0.657. The van der Waals surface area contributed by atoms with Gasteiger partial charge in [0.15, 0.2) is 0 Å². The third kappa shape index (κ3) is 3.91. The molecule has 6 nitrogen and oxygen atoms in total. The van der Waals surface area contributed by atoms with Gasteiger partial charge in [-0.2, -0.15) is 0 Å². The van der Waals surface area contributed by atoms with Crippen molar-refractivity contribution < 1.29 is 13.6 Å². The molecule has 2 aromatic heterocycles. The number of morpholine rings is 1. The number of rotatable bonds is 4. The molecule has 3 aromatic rings. The smallest absolute Gasteiger partial charge is 0.259 e. The number of halogens is 1. The normalized spacial score (nSPS) is 15.4. The Morgan fingerprint density at radius 3 is 2.48 bits per heavy atom. The average Bonchev–Trinajstić information content (AvgIpc) is 3.29. The summed E-state index contributed by atoms with van der Waals surface area (Å²) in [6, 6.07) is 10.1. The lowest BCUT2D eigenvalue weighted by molar-refractivity contribution is 0.122. The summed E-state index contributed by atoms with van der Waals surface area (Å²) in [5.41, 5.74) is 2.93. The van der Waals surface area contributed by atoms with E-state index in [1.165, 1.54) is 5.69 Å². The van der Waals surface area contributed by atoms with Crippen LogP contribution in [0, 0.1) is 13.8 Å². The maximum Gasteiger partial charge on any atom is 0.259 e. The van der Waals surface area contributed by atoms with E-state index < -0.39 is 0 Å². The van der Waals surface area contributed by atoms with Crippen molar-refractivity contribution in [1.82, 2.24) is 10.2 Å². The molecule has 1 fully saturated rings. The Kier molecular flexibility index (Phi) is 5.01. The minimum Gasteiger partial charge on any atom is -0.466 e. The maximum absolute atomic E-state index is 6.39. The van der Waals surface area contributed by atoms with Crippen LogP contribution in [-0.2, 0) is 4.74 Å². The zero-order chi connectivity index (χ0) is 18.8. The molecule has 0 saturated carbocycles. The summed E-state index contributed by atoms with van der Waals surface area (Å²) in [6.45, 7) is 7.09. The van der Waals surface area contributed by atoms with Crippen molar-refractivity contribution in [1.29, 1.82) is 0 Å². The molecule has 1 aliphatic rings. The first kappa shape index (κ1) is 17.8. The van der Waals surface area contributed by atoms with E-state index in [4.69, 9.17) is 25.2 Å². The molecular weight excluding hydrogens is 366 g/mol. The van der Waals surface area contributed by atoms with Gasteiger partial charge in [0.2, 0.25) is 0 Å². The molecule has 4 rings (SSSR count). The molecule has 0 spiro atoms. The molecule has 1 aliphatic heterocycles. The summed E-state index contributed by atoms with van der Waals surface area (Å²) in [6.07, 6.45) is 1.81. The van der Waals surface area contributed by atoms with Gasteiger partial charge in [-0.05, 0) is 43.7 Å². The molecular formula is C20H20ClN3O3. The highest BCUT2D eigenvalue weighted by atomic mass is 35.5. The molecule has 0 amide bonds. The molecule has 1 aromatic carbocycles. The average molecular weight is 386 g/mol. The number of nitrogens with zero attached hydrogens (tertiary/aromatic N) is 3. The molecule has 27 heavy (non-hydrogen) atoms. The third-order valence-electron chi connectivity index (χ3n) is 4.46. The number of furan rings is 1. The third-order valence-corrected chi connectivity index (χ3v) is 4.73. The van der Waals surface area contributed by atoms with E-state index in [0.29, 0.717) is 10.9 Å². The monoisotopic (exact) mass is 385 g/mol. The van der Waals surface area contributed by atoms with Crippen LogP contribution in [0.2, 0.25) is 0 Å². The summed E-state index contributed by atoms with van der Waals surface area (Å²) in [5.74, 6) is 2.21. The molecule has 0 N–H and O–H groups in total. The van der Waals surface area contributed by atoms with Crippen LogP contribution in [0.1, 0.15) is 23.0 Å². The molecule has 0 atom stereocenters. The van der Waals surface area contributed by atoms with Crippen molar-refractivity contribution in [3.8, 4) is 11.5 Å². The van der Waals surface area contributed by atoms with Crippen molar-refractivity contribution in [3.63, 3.8) is 0 Å². The summed E-state index contributed by atoms with van der Waals surface area (Å²) in [4.78, 5) is 2.30. The largest absolute Gasteiger partial charge is 0.466 e. The highest BCUT2D eigenvalue weighted by Crippen LogP contribution is 2.29. The van der Waals surface area contributed by atoms with E-state index in [0.717, 1.165) is 49.0 Å². The second-order valence-electron chi connectivity index (χ2n) is 6.42. The van der Waals surface area contributed by atoms with Gasteiger partial charge in [-0.1, -0.05) is 23.7 Å². The van der Waals surface area contributed by atoms with Crippen LogP contribution in [0.5, 0.6) is 0 Å². The molecule has 0 bridgehead atoms. The van der Waals surface area contributed by atoms with Crippen LogP contribution in [0.25, 0.3) is 22.6 Å². The first-order valence-electron chi connectivity index (χ1n) is 8.81. The van der Waals surface area contributed by atoms with Crippen molar-refractivity contribution in [2.75, 3.05) is 31.2 Å². The summed E-state index contributed by atoms with van der Waals surface area (Å²) in [7, 11) is 0. The summed E-state index contributed by atoms with van der Waals surface area (Å²) < 4.78 is 16.6. The maximum atomic E-state index is 6.39. The molecule has 0 radical (unpaired) electrons. The standard InChI is InChI=1S/C20H20ClN3O3/c1-13-11-17(14(2)26-13)19-22-23-20(27-19)18(21)12-15-3-5-16(6-4-15)24-7-9-25-10-8-24/h3-6,11-12H,7-10H2,1-2H3/b18-12-. The molecule has 1 saturated heterocycles. The van der Waals surface area contributed by atoms with Gasteiger partial charge in [0.05, 0.1) is 18.8 Å². The van der Waals surface area contributed by atoms with Gasteiger partial charge in [-0.15, -0.1) is 10.2 Å². The van der Waals surface area contributed by atoms with Crippen LogP contribution in [0.4, 0.5) is 5.69 Å². The minimum absolute atomic E-state index is 0.280. The fourth-order valence-corrected chi connectivity index (χ4v) is 3.29. The Balaban J connectivity index is 1.51. The van der Waals surface area contributed by atoms with Gasteiger partial charge in [-0.3, -0.25) is 0 Å². The van der Waals surface area contributed by atoms with Crippen molar-refractivity contribution in [2.45, 2.75) is 13.8 Å². The number of aryl methyl sites for hydroxylation is 2. The summed E-state index contributed by atoms with van der Waals surface area (Å²) in [5, 5.41) is 8.52. The second kappa shape index (κ2) is 7.58. The van der Waals surface area contributed by atoms with Gasteiger partial charge in [0, 0.05) is 18.8 Å². The first-order valence-corrected chi connectivity index (χ1v) is 9.19. The zero-order valence-electron chi connectivity index (χ0n) is 15.2. The van der Waals surface area contributed by atoms with Crippen LogP contribution in [0.15, 0.2) is 39.2 Å². The Morgan fingerprint density at radius 2 is 1.81 bits per heavy atom. The first-order chi connectivity index (χ1) is 13.1. The SMILES string of the molecule is Cc1cc(-c2nnc(/C(Cl)=C/c3ccc(N4CCOCC4)cc3)o2)c(C)o1. The predicted octanol–water partition coefficient (Wildman–Crippen LogP) is 4.52. The molecule has 0 aliphatic carbocycles. The number of aromatic nitrogens is 2. The van der Waals surface area contributed by atoms with E-state index >= 15 is 0 Å². The lowest BCUT2D eigenvalue weighted by Crippen LogP contribution is -2.36. The number of ether oxygens (including phenoxy) is 1. The van der Waals surface area contributed by atoms with Crippen molar-refractivity contribution in [2.24, 2.45) is 0 Å². The highest BCUT2D eigenvalue weighted by Gasteiger charge is 2.16. The van der Waals surface area contributed by atoms with Crippen LogP contribution in [-0.4, -0.2) is 36.5 Å². The zero-order valence-corrected chi connectivity index (χ0v) is 16.0. The van der Waals surface area contributed by atoms with E-state index in [2.05, 4.69) is 27.2 Å². The number of hydrogen-bond acceptors (Lipinski definition) is 6. The van der Waals surface area contributed by atoms with Gasteiger partial charge < -0.3 is 18.5 Å². The number of benzene rings is 1. The molecule has 0 unspecified atom stereocenters. The Labute approximate surface area is 162 Å². The minimum atomic E-state index is 0.280. The van der Waals surface area contributed by atoms with Crippen LogP contribution in [0.3, 0.4) is 0 Å². The van der Waals surface area contributed by atoms with Gasteiger partial charge in [-0.25, -0.2) is 0 Å². The Hall–Kier alpha value is -2.57. The molecule has 7 heteroatoms. The van der Waals surface area contributed by atoms with Gasteiger partial charge >= 0.3 is 0 Å². The fraction of sp³-hybridized carbons (Fsp3) is 0.300. The van der Waals surface area contributed by atoms with Crippen LogP contribution >= 0.6 is 11.6 Å². The van der Waals surface area contributed by atoms with Crippen LogP contribution < -0.4 is 4.90 Å². The topological polar surface area (TPSA) is 64.5 Å². The lowest BCUT2D eigenvalue weighted by Gasteiger charge is -2.28. The summed E-state index contributed by atoms with van der Waals surface area (Å²) >= 11 is 6.39. The molecule has 140 valence electrons. The predicted molar refractivity (Wildman–Crippen MR) is 105 cm³/mol. The molecule has 3 heterocycles. The van der Waals surface area contributed by atoms with E-state index in [1.54, 1.807) is 0 Å². The second-order valence-corrected chi connectivity index (χ2v) is 6.83. The highest BCUT2D eigenvalue weighted by molar-refractivity contribution is 6.50. The lowest BCUT2D eigenvalue weighted by atomic mass is 10.1.